The van der Waals surface area contributed by atoms with Gasteiger partial charge in [-0.1, -0.05) is 43.2 Å². The Morgan fingerprint density at radius 3 is 2.60 bits per heavy atom. The third kappa shape index (κ3) is 5.16. The zero-order chi connectivity index (χ0) is 20.9. The summed E-state index contributed by atoms with van der Waals surface area (Å²) in [5.74, 6) is 0. The largest absolute Gasteiger partial charge is 0.375 e. The van der Waals surface area contributed by atoms with Crippen LogP contribution in [0.15, 0.2) is 35.8 Å². The van der Waals surface area contributed by atoms with Crippen molar-refractivity contribution in [3.8, 4) is 11.3 Å². The van der Waals surface area contributed by atoms with Crippen molar-refractivity contribution in [2.75, 3.05) is 16.4 Å². The lowest BCUT2D eigenvalue weighted by molar-refractivity contribution is 0.877. The van der Waals surface area contributed by atoms with Crippen LogP contribution in [0.5, 0.6) is 0 Å². The van der Waals surface area contributed by atoms with E-state index in [2.05, 4.69) is 64.1 Å². The maximum Gasteiger partial charge on any atom is 0.183 e. The van der Waals surface area contributed by atoms with Gasteiger partial charge in [0.15, 0.2) is 15.4 Å². The molecule has 1 aromatic carbocycles. The van der Waals surface area contributed by atoms with Crippen molar-refractivity contribution in [2.24, 2.45) is 0 Å². The molecule has 4 aromatic rings. The lowest BCUT2D eigenvalue weighted by atomic mass is 10.1. The molecule has 156 valence electrons. The molecule has 0 aliphatic carbocycles. The molecule has 0 saturated heterocycles. The van der Waals surface area contributed by atoms with E-state index in [9.17, 15) is 0 Å². The Balaban J connectivity index is 1.31. The first-order valence-corrected chi connectivity index (χ1v) is 12.3. The normalized spacial score (nSPS) is 11.0. The number of nitrogen functional groups attached to an aromatic ring is 1. The molecular weight excluding hydrogens is 432 g/mol. The minimum atomic E-state index is 0.632. The molecule has 0 aliphatic rings. The van der Waals surface area contributed by atoms with Crippen LogP contribution < -0.4 is 16.4 Å². The van der Waals surface area contributed by atoms with E-state index in [4.69, 9.17) is 10.7 Å². The van der Waals surface area contributed by atoms with Crippen LogP contribution in [0.25, 0.3) is 11.3 Å². The van der Waals surface area contributed by atoms with Crippen molar-refractivity contribution in [2.45, 2.75) is 39.8 Å². The number of nitrogens with one attached hydrogen (secondary N) is 2. The smallest absolute Gasteiger partial charge is 0.183 e. The van der Waals surface area contributed by atoms with Gasteiger partial charge in [-0.15, -0.1) is 34.0 Å². The van der Waals surface area contributed by atoms with E-state index in [1.807, 2.05) is 6.20 Å². The number of anilines is 3. The Labute approximate surface area is 188 Å². The van der Waals surface area contributed by atoms with Crippen molar-refractivity contribution in [1.29, 1.82) is 0 Å². The highest BCUT2D eigenvalue weighted by atomic mass is 32.1. The Kier molecular flexibility index (Phi) is 6.61. The fourth-order valence-corrected chi connectivity index (χ4v) is 5.26. The van der Waals surface area contributed by atoms with Crippen molar-refractivity contribution in [3.63, 3.8) is 0 Å². The Hall–Kier alpha value is -2.49. The molecule has 0 aliphatic heterocycles. The number of benzene rings is 1. The monoisotopic (exact) mass is 456 g/mol. The summed E-state index contributed by atoms with van der Waals surface area (Å²) < 4.78 is 0. The molecule has 0 atom stereocenters. The minimum absolute atomic E-state index is 0.632. The number of hydrogen-bond donors (Lipinski definition) is 3. The number of hydrogen-bond acceptors (Lipinski definition) is 9. The molecule has 30 heavy (non-hydrogen) atoms. The van der Waals surface area contributed by atoms with Crippen LogP contribution in [-0.4, -0.2) is 15.0 Å². The maximum atomic E-state index is 5.88. The Morgan fingerprint density at radius 1 is 1.00 bits per heavy atom. The zero-order valence-electron chi connectivity index (χ0n) is 16.9. The number of nitrogens with two attached hydrogens (primary N) is 1. The lowest BCUT2D eigenvalue weighted by Crippen LogP contribution is -2.00. The Bertz CT molecular complexity index is 1100. The van der Waals surface area contributed by atoms with Gasteiger partial charge in [-0.3, -0.25) is 0 Å². The molecule has 4 N–H and O–H groups in total. The molecule has 0 amide bonds. The zero-order valence-corrected chi connectivity index (χ0v) is 19.4. The highest BCUT2D eigenvalue weighted by Gasteiger charge is 2.10. The van der Waals surface area contributed by atoms with E-state index in [1.165, 1.54) is 10.4 Å². The van der Waals surface area contributed by atoms with Crippen LogP contribution in [0.2, 0.25) is 0 Å². The third-order valence-corrected chi connectivity index (χ3v) is 7.18. The molecule has 0 bridgehead atoms. The SMILES string of the molecule is CCCc1nc(N)sc1CNc1ncc(CNc2nc(-c3ccc(C)cc3)cs2)s1. The van der Waals surface area contributed by atoms with Gasteiger partial charge in [-0.2, -0.15) is 0 Å². The van der Waals surface area contributed by atoms with Gasteiger partial charge in [-0.25, -0.2) is 15.0 Å². The van der Waals surface area contributed by atoms with Crippen molar-refractivity contribution in [3.05, 3.63) is 56.9 Å². The average Bonchev–Trinajstić information content (AvgIpc) is 3.46. The predicted molar refractivity (Wildman–Crippen MR) is 130 cm³/mol. The number of aryl methyl sites for hydroxylation is 2. The first kappa shape index (κ1) is 20.8. The van der Waals surface area contributed by atoms with Gasteiger partial charge in [0.05, 0.1) is 24.5 Å². The second kappa shape index (κ2) is 9.55. The summed E-state index contributed by atoms with van der Waals surface area (Å²) in [6, 6.07) is 8.44. The highest BCUT2D eigenvalue weighted by molar-refractivity contribution is 7.16. The third-order valence-electron chi connectivity index (χ3n) is 4.50. The fraction of sp³-hybridized carbons (Fsp3) is 0.286. The lowest BCUT2D eigenvalue weighted by Gasteiger charge is -2.02. The molecule has 0 radical (unpaired) electrons. The van der Waals surface area contributed by atoms with Gasteiger partial charge in [-0.05, 0) is 13.3 Å². The van der Waals surface area contributed by atoms with E-state index in [-0.39, 0.29) is 0 Å². The van der Waals surface area contributed by atoms with Crippen molar-refractivity contribution >= 4 is 49.4 Å². The minimum Gasteiger partial charge on any atom is -0.375 e. The summed E-state index contributed by atoms with van der Waals surface area (Å²) in [6.07, 6.45) is 3.92. The molecule has 4 rings (SSSR count). The van der Waals surface area contributed by atoms with Gasteiger partial charge < -0.3 is 16.4 Å². The Morgan fingerprint density at radius 2 is 1.80 bits per heavy atom. The van der Waals surface area contributed by atoms with Crippen LogP contribution in [0.3, 0.4) is 0 Å². The number of rotatable bonds is 9. The summed E-state index contributed by atoms with van der Waals surface area (Å²) in [6.45, 7) is 5.65. The second-order valence-corrected chi connectivity index (χ2v) is 10.0. The first-order chi connectivity index (χ1) is 14.6. The van der Waals surface area contributed by atoms with Gasteiger partial charge in [0.25, 0.3) is 0 Å². The first-order valence-electron chi connectivity index (χ1n) is 9.79. The topological polar surface area (TPSA) is 88.8 Å². The summed E-state index contributed by atoms with van der Waals surface area (Å²) >= 11 is 4.82. The number of thiazole rings is 3. The molecule has 3 heterocycles. The second-order valence-electron chi connectivity index (χ2n) is 6.91. The standard InChI is InChI=1S/C21H24N6S3/c1-3-4-16-18(30-19(22)26-16)11-25-20-23-9-15(29-20)10-24-21-27-17(12-28-21)14-7-5-13(2)6-8-14/h5-9,12H,3-4,10-11H2,1-2H3,(H2,22,26)(H,23,25)(H,24,27). The van der Waals surface area contributed by atoms with E-state index in [0.717, 1.165) is 44.9 Å². The summed E-state index contributed by atoms with van der Waals surface area (Å²) in [7, 11) is 0. The van der Waals surface area contributed by atoms with Gasteiger partial charge in [0, 0.05) is 26.9 Å². The molecule has 0 saturated carbocycles. The van der Waals surface area contributed by atoms with Crippen molar-refractivity contribution < 1.29 is 0 Å². The average molecular weight is 457 g/mol. The molecular formula is C21H24N6S3. The molecule has 0 fully saturated rings. The van der Waals surface area contributed by atoms with E-state index < -0.39 is 0 Å². The molecule has 0 spiro atoms. The van der Waals surface area contributed by atoms with E-state index >= 15 is 0 Å². The van der Waals surface area contributed by atoms with Crippen LogP contribution in [0.4, 0.5) is 15.4 Å². The quantitative estimate of drug-likeness (QED) is 0.295. The highest BCUT2D eigenvalue weighted by Crippen LogP contribution is 2.27. The predicted octanol–water partition coefficient (Wildman–Crippen LogP) is 5.79. The van der Waals surface area contributed by atoms with Crippen LogP contribution in [-0.2, 0) is 19.5 Å². The molecule has 9 heteroatoms. The molecule has 0 unspecified atom stereocenters. The number of aromatic nitrogens is 3. The summed E-state index contributed by atoms with van der Waals surface area (Å²) in [5.41, 5.74) is 10.4. The van der Waals surface area contributed by atoms with Crippen LogP contribution in [0, 0.1) is 6.92 Å². The molecule has 3 aromatic heterocycles. The number of nitrogens with zero attached hydrogens (tertiary/aromatic N) is 3. The van der Waals surface area contributed by atoms with Gasteiger partial charge in [0.1, 0.15) is 0 Å². The van der Waals surface area contributed by atoms with Crippen molar-refractivity contribution in [1.82, 2.24) is 15.0 Å². The maximum absolute atomic E-state index is 5.88. The van der Waals surface area contributed by atoms with Crippen LogP contribution in [0.1, 0.15) is 34.4 Å². The van der Waals surface area contributed by atoms with Gasteiger partial charge >= 0.3 is 0 Å². The molecule has 6 nitrogen and oxygen atoms in total. The summed E-state index contributed by atoms with van der Waals surface area (Å²) in [4.78, 5) is 16.0. The van der Waals surface area contributed by atoms with E-state index in [0.29, 0.717) is 18.2 Å². The van der Waals surface area contributed by atoms with Crippen LogP contribution >= 0.6 is 34.0 Å². The van der Waals surface area contributed by atoms with Gasteiger partial charge in [0.2, 0.25) is 0 Å². The van der Waals surface area contributed by atoms with E-state index in [1.54, 1.807) is 34.0 Å². The summed E-state index contributed by atoms with van der Waals surface area (Å²) in [5, 5.41) is 11.3. The fourth-order valence-electron chi connectivity index (χ4n) is 2.97.